The summed E-state index contributed by atoms with van der Waals surface area (Å²) in [6.45, 7) is 6.56. The highest BCUT2D eigenvalue weighted by Crippen LogP contribution is 2.25. The predicted molar refractivity (Wildman–Crippen MR) is 82.3 cm³/mol. The summed E-state index contributed by atoms with van der Waals surface area (Å²) in [6, 6.07) is 8.29. The van der Waals surface area contributed by atoms with Gasteiger partial charge in [-0.2, -0.15) is 0 Å². The maximum Gasteiger partial charge on any atom is 0.182 e. The van der Waals surface area contributed by atoms with Crippen molar-refractivity contribution in [3.63, 3.8) is 0 Å². The van der Waals surface area contributed by atoms with Gasteiger partial charge in [-0.05, 0) is 13.0 Å². The first kappa shape index (κ1) is 13.4. The van der Waals surface area contributed by atoms with Gasteiger partial charge in [0, 0.05) is 42.8 Å². The topological polar surface area (TPSA) is 37.4 Å². The van der Waals surface area contributed by atoms with Gasteiger partial charge in [0.25, 0.3) is 0 Å². The van der Waals surface area contributed by atoms with Crippen LogP contribution in [0.25, 0.3) is 0 Å². The van der Waals surface area contributed by atoms with Crippen molar-refractivity contribution in [1.29, 1.82) is 0 Å². The number of hydrogen-bond donors (Lipinski definition) is 1. The Hall–Kier alpha value is -1.59. The number of aromatic nitrogens is 1. The molecule has 1 aliphatic heterocycles. The third-order valence-electron chi connectivity index (χ3n) is 3.29. The average Bonchev–Trinajstić information content (AvgIpc) is 2.78. The predicted octanol–water partition coefficient (Wildman–Crippen LogP) is 2.97. The highest BCUT2D eigenvalue weighted by Gasteiger charge is 2.15. The molecule has 1 aromatic carbocycles. The van der Waals surface area contributed by atoms with Crippen molar-refractivity contribution in [2.75, 3.05) is 25.0 Å². The molecule has 106 valence electrons. The van der Waals surface area contributed by atoms with Crippen LogP contribution < -0.4 is 10.1 Å². The Morgan fingerprint density at radius 3 is 3.20 bits per heavy atom. The molecule has 0 spiro atoms. The van der Waals surface area contributed by atoms with Gasteiger partial charge in [0.05, 0.1) is 0 Å². The standard InChI is InChI=1S/C15H19N3OS/c1-2-16-15-17-9-13(20-15)11-18-7-8-19-14-6-4-3-5-12(14)10-18/h3-6,9H,2,7-8,10-11H2,1H3,(H,16,17). The molecule has 2 aromatic rings. The molecule has 0 amide bonds. The summed E-state index contributed by atoms with van der Waals surface area (Å²) in [7, 11) is 0. The van der Waals surface area contributed by atoms with Gasteiger partial charge < -0.3 is 10.1 Å². The lowest BCUT2D eigenvalue weighted by Crippen LogP contribution is -2.24. The van der Waals surface area contributed by atoms with Crippen molar-refractivity contribution in [3.05, 3.63) is 40.9 Å². The van der Waals surface area contributed by atoms with Crippen LogP contribution in [0.15, 0.2) is 30.5 Å². The third-order valence-corrected chi connectivity index (χ3v) is 4.23. The number of fused-ring (bicyclic) bond motifs is 1. The van der Waals surface area contributed by atoms with Crippen molar-refractivity contribution in [1.82, 2.24) is 9.88 Å². The van der Waals surface area contributed by atoms with Crippen LogP contribution in [0.4, 0.5) is 5.13 Å². The SMILES string of the molecule is CCNc1ncc(CN2CCOc3ccccc3C2)s1. The van der Waals surface area contributed by atoms with E-state index in [2.05, 4.69) is 40.3 Å². The summed E-state index contributed by atoms with van der Waals surface area (Å²) < 4.78 is 5.79. The highest BCUT2D eigenvalue weighted by atomic mass is 32.1. The second-order valence-electron chi connectivity index (χ2n) is 4.83. The number of benzene rings is 1. The minimum Gasteiger partial charge on any atom is -0.492 e. The fourth-order valence-corrected chi connectivity index (χ4v) is 3.27. The first-order chi connectivity index (χ1) is 9.85. The van der Waals surface area contributed by atoms with Crippen LogP contribution in [0.2, 0.25) is 0 Å². The summed E-state index contributed by atoms with van der Waals surface area (Å²) in [6.07, 6.45) is 1.97. The smallest absolute Gasteiger partial charge is 0.182 e. The number of nitrogens with one attached hydrogen (secondary N) is 1. The van der Waals surface area contributed by atoms with Gasteiger partial charge in [0.1, 0.15) is 12.4 Å². The zero-order valence-corrected chi connectivity index (χ0v) is 12.4. The van der Waals surface area contributed by atoms with E-state index in [1.807, 2.05) is 12.3 Å². The monoisotopic (exact) mass is 289 g/mol. The molecule has 0 atom stereocenters. The first-order valence-corrected chi connectivity index (χ1v) is 7.78. The van der Waals surface area contributed by atoms with Crippen LogP contribution in [0.1, 0.15) is 17.4 Å². The second kappa shape index (κ2) is 6.24. The van der Waals surface area contributed by atoms with Crippen LogP contribution >= 0.6 is 11.3 Å². The van der Waals surface area contributed by atoms with Crippen LogP contribution in [0.3, 0.4) is 0 Å². The van der Waals surface area contributed by atoms with Crippen LogP contribution in [0.5, 0.6) is 5.75 Å². The van der Waals surface area contributed by atoms with Crippen LogP contribution in [0, 0.1) is 0 Å². The van der Waals surface area contributed by atoms with E-state index in [-0.39, 0.29) is 0 Å². The van der Waals surface area contributed by atoms with Crippen molar-refractivity contribution in [2.24, 2.45) is 0 Å². The number of hydrogen-bond acceptors (Lipinski definition) is 5. The van der Waals surface area contributed by atoms with Crippen LogP contribution in [-0.4, -0.2) is 29.6 Å². The number of thiazole rings is 1. The van der Waals surface area contributed by atoms with Gasteiger partial charge >= 0.3 is 0 Å². The number of nitrogens with zero attached hydrogens (tertiary/aromatic N) is 2. The normalized spacial score (nSPS) is 15.2. The second-order valence-corrected chi connectivity index (χ2v) is 5.94. The van der Waals surface area contributed by atoms with E-state index in [1.165, 1.54) is 10.4 Å². The molecule has 1 aromatic heterocycles. The molecular formula is C15H19N3OS. The van der Waals surface area contributed by atoms with E-state index in [1.54, 1.807) is 11.3 Å². The number of ether oxygens (including phenoxy) is 1. The van der Waals surface area contributed by atoms with Crippen molar-refractivity contribution in [3.8, 4) is 5.75 Å². The number of para-hydroxylation sites is 1. The maximum atomic E-state index is 5.79. The molecule has 0 saturated carbocycles. The molecule has 0 aliphatic carbocycles. The van der Waals surface area contributed by atoms with Gasteiger partial charge in [-0.3, -0.25) is 4.90 Å². The minimum atomic E-state index is 0.746. The Balaban J connectivity index is 1.68. The molecule has 3 rings (SSSR count). The Morgan fingerprint density at radius 1 is 1.40 bits per heavy atom. The summed E-state index contributed by atoms with van der Waals surface area (Å²) in [5.41, 5.74) is 1.27. The zero-order chi connectivity index (χ0) is 13.8. The zero-order valence-electron chi connectivity index (χ0n) is 11.6. The lowest BCUT2D eigenvalue weighted by atomic mass is 10.2. The van der Waals surface area contributed by atoms with Gasteiger partial charge in [-0.15, -0.1) is 11.3 Å². The van der Waals surface area contributed by atoms with E-state index in [0.29, 0.717) is 0 Å². The molecular weight excluding hydrogens is 270 g/mol. The van der Waals surface area contributed by atoms with E-state index < -0.39 is 0 Å². The van der Waals surface area contributed by atoms with Gasteiger partial charge in [0.15, 0.2) is 5.13 Å². The molecule has 4 nitrogen and oxygen atoms in total. The fraction of sp³-hybridized carbons (Fsp3) is 0.400. The maximum absolute atomic E-state index is 5.79. The molecule has 0 bridgehead atoms. The molecule has 0 unspecified atom stereocenters. The van der Waals surface area contributed by atoms with E-state index in [0.717, 1.165) is 43.7 Å². The Kier molecular flexibility index (Phi) is 4.18. The molecule has 0 saturated heterocycles. The summed E-state index contributed by atoms with van der Waals surface area (Å²) in [5.74, 6) is 1.02. The number of anilines is 1. The van der Waals surface area contributed by atoms with Gasteiger partial charge in [-0.25, -0.2) is 4.98 Å². The summed E-state index contributed by atoms with van der Waals surface area (Å²) >= 11 is 1.73. The van der Waals surface area contributed by atoms with E-state index in [4.69, 9.17) is 4.74 Å². The highest BCUT2D eigenvalue weighted by molar-refractivity contribution is 7.15. The lowest BCUT2D eigenvalue weighted by molar-refractivity contribution is 0.221. The Bertz CT molecular complexity index is 570. The summed E-state index contributed by atoms with van der Waals surface area (Å²) in [5, 5.41) is 4.27. The first-order valence-electron chi connectivity index (χ1n) is 6.97. The lowest BCUT2D eigenvalue weighted by Gasteiger charge is -2.17. The fourth-order valence-electron chi connectivity index (χ4n) is 2.35. The Labute approximate surface area is 123 Å². The molecule has 0 fully saturated rings. The molecule has 2 heterocycles. The van der Waals surface area contributed by atoms with E-state index in [9.17, 15) is 0 Å². The molecule has 0 radical (unpaired) electrons. The third kappa shape index (κ3) is 3.11. The minimum absolute atomic E-state index is 0.746. The Morgan fingerprint density at radius 2 is 2.30 bits per heavy atom. The van der Waals surface area contributed by atoms with Gasteiger partial charge in [-0.1, -0.05) is 18.2 Å². The molecule has 5 heteroatoms. The van der Waals surface area contributed by atoms with Crippen LogP contribution in [-0.2, 0) is 13.1 Å². The molecule has 20 heavy (non-hydrogen) atoms. The summed E-state index contributed by atoms with van der Waals surface area (Å²) in [4.78, 5) is 8.09. The average molecular weight is 289 g/mol. The van der Waals surface area contributed by atoms with Crippen molar-refractivity contribution >= 4 is 16.5 Å². The van der Waals surface area contributed by atoms with Crippen molar-refractivity contribution in [2.45, 2.75) is 20.0 Å². The molecule has 1 N–H and O–H groups in total. The van der Waals surface area contributed by atoms with E-state index >= 15 is 0 Å². The quantitative estimate of drug-likeness (QED) is 0.939. The largest absolute Gasteiger partial charge is 0.492 e. The number of rotatable bonds is 4. The molecule has 1 aliphatic rings. The van der Waals surface area contributed by atoms with Gasteiger partial charge in [0.2, 0.25) is 0 Å². The van der Waals surface area contributed by atoms with Crippen molar-refractivity contribution < 1.29 is 4.74 Å².